The Morgan fingerprint density at radius 3 is 3.00 bits per heavy atom. The fourth-order valence-electron chi connectivity index (χ4n) is 2.10. The fraction of sp³-hybridized carbons (Fsp3) is 0.167. The number of nitrogens with two attached hydrogens (primary N) is 1. The zero-order valence-corrected chi connectivity index (χ0v) is 9.30. The predicted octanol–water partition coefficient (Wildman–Crippen LogP) is 1.44. The van der Waals surface area contributed by atoms with Gasteiger partial charge in [-0.2, -0.15) is 0 Å². The standard InChI is InChI=1S/C12H11N3O2/c1-15-10-3-2-7(4-8(10)5-11(15)16)9-6-14-17-12(9)13/h2-4,6H,5,13H2,1H3. The van der Waals surface area contributed by atoms with Gasteiger partial charge in [-0.15, -0.1) is 0 Å². The maximum Gasteiger partial charge on any atom is 0.231 e. The van der Waals surface area contributed by atoms with Crippen LogP contribution in [-0.2, 0) is 11.2 Å². The van der Waals surface area contributed by atoms with Crippen LogP contribution < -0.4 is 10.6 Å². The molecule has 1 aliphatic rings. The lowest BCUT2D eigenvalue weighted by Gasteiger charge is -2.10. The molecule has 5 nitrogen and oxygen atoms in total. The summed E-state index contributed by atoms with van der Waals surface area (Å²) in [7, 11) is 1.78. The lowest BCUT2D eigenvalue weighted by Crippen LogP contribution is -2.20. The Bertz CT molecular complexity index is 604. The highest BCUT2D eigenvalue weighted by Crippen LogP contribution is 2.33. The van der Waals surface area contributed by atoms with Gasteiger partial charge >= 0.3 is 0 Å². The van der Waals surface area contributed by atoms with E-state index in [4.69, 9.17) is 10.3 Å². The van der Waals surface area contributed by atoms with E-state index in [1.54, 1.807) is 18.1 Å². The van der Waals surface area contributed by atoms with E-state index in [1.807, 2.05) is 18.2 Å². The van der Waals surface area contributed by atoms with Gasteiger partial charge < -0.3 is 15.2 Å². The monoisotopic (exact) mass is 229 g/mol. The average Bonchev–Trinajstić information content (AvgIpc) is 2.84. The average molecular weight is 229 g/mol. The van der Waals surface area contributed by atoms with Crippen molar-refractivity contribution in [2.45, 2.75) is 6.42 Å². The summed E-state index contributed by atoms with van der Waals surface area (Å²) >= 11 is 0. The zero-order chi connectivity index (χ0) is 12.0. The third-order valence-corrected chi connectivity index (χ3v) is 3.07. The molecule has 17 heavy (non-hydrogen) atoms. The van der Waals surface area contributed by atoms with Gasteiger partial charge in [0.1, 0.15) is 0 Å². The third kappa shape index (κ3) is 1.39. The van der Waals surface area contributed by atoms with E-state index in [0.29, 0.717) is 12.3 Å². The number of carbonyl (C=O) groups is 1. The highest BCUT2D eigenvalue weighted by Gasteiger charge is 2.24. The Morgan fingerprint density at radius 2 is 2.29 bits per heavy atom. The normalized spacial score (nSPS) is 14.2. The van der Waals surface area contributed by atoms with Crippen molar-refractivity contribution in [2.75, 3.05) is 17.7 Å². The number of carbonyl (C=O) groups excluding carboxylic acids is 1. The van der Waals surface area contributed by atoms with E-state index in [2.05, 4.69) is 5.16 Å². The number of fused-ring (bicyclic) bond motifs is 1. The van der Waals surface area contributed by atoms with Crippen LogP contribution in [0, 0.1) is 0 Å². The second kappa shape index (κ2) is 3.35. The molecule has 1 aromatic carbocycles. The molecule has 0 atom stereocenters. The molecular formula is C12H11N3O2. The number of anilines is 2. The van der Waals surface area contributed by atoms with E-state index in [0.717, 1.165) is 22.4 Å². The summed E-state index contributed by atoms with van der Waals surface area (Å²) in [6.45, 7) is 0. The Morgan fingerprint density at radius 1 is 1.47 bits per heavy atom. The minimum absolute atomic E-state index is 0.107. The number of nitrogens with zero attached hydrogens (tertiary/aromatic N) is 2. The molecule has 0 radical (unpaired) electrons. The van der Waals surface area contributed by atoms with E-state index in [9.17, 15) is 4.79 Å². The number of amides is 1. The van der Waals surface area contributed by atoms with Crippen LogP contribution in [-0.4, -0.2) is 18.1 Å². The topological polar surface area (TPSA) is 72.4 Å². The second-order valence-corrected chi connectivity index (χ2v) is 4.08. The van der Waals surface area contributed by atoms with Crippen LogP contribution in [0.3, 0.4) is 0 Å². The minimum Gasteiger partial charge on any atom is -0.367 e. The van der Waals surface area contributed by atoms with Gasteiger partial charge in [0.05, 0.1) is 18.2 Å². The molecule has 1 aromatic heterocycles. The quantitative estimate of drug-likeness (QED) is 0.803. The van der Waals surface area contributed by atoms with Crippen molar-refractivity contribution in [3.63, 3.8) is 0 Å². The summed E-state index contributed by atoms with van der Waals surface area (Å²) in [5.74, 6) is 0.401. The summed E-state index contributed by atoms with van der Waals surface area (Å²) in [5, 5.41) is 3.64. The van der Waals surface area contributed by atoms with Gasteiger partial charge in [-0.3, -0.25) is 4.79 Å². The molecule has 5 heteroatoms. The molecule has 3 rings (SSSR count). The van der Waals surface area contributed by atoms with Gasteiger partial charge in [0, 0.05) is 12.7 Å². The maximum atomic E-state index is 11.6. The number of benzene rings is 1. The molecule has 0 saturated carbocycles. The molecule has 0 unspecified atom stereocenters. The molecule has 2 N–H and O–H groups in total. The van der Waals surface area contributed by atoms with Crippen molar-refractivity contribution >= 4 is 17.5 Å². The van der Waals surface area contributed by atoms with Crippen molar-refractivity contribution in [2.24, 2.45) is 0 Å². The Balaban J connectivity index is 2.10. The molecule has 0 spiro atoms. The lowest BCUT2D eigenvalue weighted by molar-refractivity contribution is -0.117. The van der Waals surface area contributed by atoms with Crippen LogP contribution in [0.4, 0.5) is 11.6 Å². The van der Waals surface area contributed by atoms with E-state index in [-0.39, 0.29) is 5.91 Å². The second-order valence-electron chi connectivity index (χ2n) is 4.08. The van der Waals surface area contributed by atoms with E-state index < -0.39 is 0 Å². The summed E-state index contributed by atoms with van der Waals surface area (Å²) in [4.78, 5) is 13.2. The Hall–Kier alpha value is -2.30. The first-order valence-corrected chi connectivity index (χ1v) is 5.27. The molecule has 2 aromatic rings. The fourth-order valence-corrected chi connectivity index (χ4v) is 2.10. The smallest absolute Gasteiger partial charge is 0.231 e. The molecule has 1 amide bonds. The summed E-state index contributed by atoms with van der Waals surface area (Å²) in [6.07, 6.45) is 2.02. The van der Waals surface area contributed by atoms with E-state index in [1.165, 1.54) is 0 Å². The van der Waals surface area contributed by atoms with Crippen LogP contribution in [0.2, 0.25) is 0 Å². The van der Waals surface area contributed by atoms with Crippen LogP contribution >= 0.6 is 0 Å². The number of rotatable bonds is 1. The van der Waals surface area contributed by atoms with Crippen molar-refractivity contribution in [1.82, 2.24) is 5.16 Å². The zero-order valence-electron chi connectivity index (χ0n) is 9.30. The summed E-state index contributed by atoms with van der Waals surface area (Å²) in [5.41, 5.74) is 9.31. The SMILES string of the molecule is CN1C(=O)Cc2cc(-c3cnoc3N)ccc21. The number of hydrogen-bond acceptors (Lipinski definition) is 4. The molecule has 0 saturated heterocycles. The van der Waals surface area contributed by atoms with Gasteiger partial charge in [-0.05, 0) is 23.3 Å². The van der Waals surface area contributed by atoms with Crippen molar-refractivity contribution < 1.29 is 9.32 Å². The minimum atomic E-state index is 0.107. The van der Waals surface area contributed by atoms with Gasteiger partial charge in [0.15, 0.2) is 0 Å². The van der Waals surface area contributed by atoms with Gasteiger partial charge in [0.2, 0.25) is 11.8 Å². The van der Waals surface area contributed by atoms with Crippen LogP contribution in [0.25, 0.3) is 11.1 Å². The maximum absolute atomic E-state index is 11.6. The predicted molar refractivity (Wildman–Crippen MR) is 63.5 cm³/mol. The summed E-state index contributed by atoms with van der Waals surface area (Å²) in [6, 6.07) is 5.79. The van der Waals surface area contributed by atoms with Gasteiger partial charge in [0.25, 0.3) is 0 Å². The van der Waals surface area contributed by atoms with Crippen molar-refractivity contribution in [1.29, 1.82) is 0 Å². The number of hydrogen-bond donors (Lipinski definition) is 1. The van der Waals surface area contributed by atoms with Gasteiger partial charge in [-0.1, -0.05) is 11.2 Å². The largest absolute Gasteiger partial charge is 0.367 e. The Labute approximate surface area is 97.8 Å². The molecule has 1 aliphatic heterocycles. The van der Waals surface area contributed by atoms with Gasteiger partial charge in [-0.25, -0.2) is 0 Å². The molecular weight excluding hydrogens is 218 g/mol. The van der Waals surface area contributed by atoms with Crippen LogP contribution in [0.1, 0.15) is 5.56 Å². The molecule has 0 fully saturated rings. The Kier molecular flexibility index (Phi) is 1.95. The first-order chi connectivity index (χ1) is 8.16. The molecule has 2 heterocycles. The number of aromatic nitrogens is 1. The summed E-state index contributed by atoms with van der Waals surface area (Å²) < 4.78 is 4.83. The highest BCUT2D eigenvalue weighted by molar-refractivity contribution is 6.01. The molecule has 0 bridgehead atoms. The first-order valence-electron chi connectivity index (χ1n) is 5.27. The first kappa shape index (κ1) is 9.89. The third-order valence-electron chi connectivity index (χ3n) is 3.07. The van der Waals surface area contributed by atoms with Crippen LogP contribution in [0.15, 0.2) is 28.9 Å². The number of likely N-dealkylation sites (N-methyl/N-ethyl adjacent to an activating group) is 1. The molecule has 0 aliphatic carbocycles. The van der Waals surface area contributed by atoms with Crippen molar-refractivity contribution in [3.05, 3.63) is 30.0 Å². The lowest BCUT2D eigenvalue weighted by atomic mass is 10.0. The van der Waals surface area contributed by atoms with Crippen molar-refractivity contribution in [3.8, 4) is 11.1 Å². The van der Waals surface area contributed by atoms with Crippen LogP contribution in [0.5, 0.6) is 0 Å². The number of nitrogen functional groups attached to an aromatic ring is 1. The molecule has 86 valence electrons. The highest BCUT2D eigenvalue weighted by atomic mass is 16.5. The van der Waals surface area contributed by atoms with E-state index >= 15 is 0 Å².